The van der Waals surface area contributed by atoms with E-state index in [1.165, 1.54) is 12.8 Å². The maximum absolute atomic E-state index is 9.27. The van der Waals surface area contributed by atoms with Crippen molar-refractivity contribution in [2.45, 2.75) is 31.9 Å². The third kappa shape index (κ3) is 3.63. The first-order valence-electron chi connectivity index (χ1n) is 5.16. The molecule has 0 aromatic carbocycles. The first-order chi connectivity index (χ1) is 6.09. The summed E-state index contributed by atoms with van der Waals surface area (Å²) in [6.45, 7) is 4.94. The number of likely N-dealkylation sites (tertiary alicyclic amines) is 1. The van der Waals surface area contributed by atoms with Gasteiger partial charge in [-0.2, -0.15) is 0 Å². The molecule has 0 radical (unpaired) electrons. The van der Waals surface area contributed by atoms with Crippen LogP contribution in [0.1, 0.15) is 19.8 Å². The van der Waals surface area contributed by atoms with Crippen LogP contribution in [-0.4, -0.2) is 60.8 Å². The highest BCUT2D eigenvalue weighted by Gasteiger charge is 2.21. The Bertz CT molecular complexity index is 148. The van der Waals surface area contributed by atoms with Crippen LogP contribution in [0.15, 0.2) is 0 Å². The van der Waals surface area contributed by atoms with Gasteiger partial charge in [-0.15, -0.1) is 0 Å². The fourth-order valence-corrected chi connectivity index (χ4v) is 1.99. The minimum atomic E-state index is -0.194. The van der Waals surface area contributed by atoms with E-state index in [1.54, 1.807) is 0 Å². The Morgan fingerprint density at radius 2 is 2.23 bits per heavy atom. The Balaban J connectivity index is 2.33. The molecule has 78 valence electrons. The highest BCUT2D eigenvalue weighted by molar-refractivity contribution is 4.78. The molecule has 1 unspecified atom stereocenters. The van der Waals surface area contributed by atoms with Gasteiger partial charge in [0, 0.05) is 19.1 Å². The number of hydrogen-bond donors (Lipinski definition) is 1. The molecule has 0 bridgehead atoms. The van der Waals surface area contributed by atoms with Crippen molar-refractivity contribution in [2.24, 2.45) is 0 Å². The van der Waals surface area contributed by atoms with Gasteiger partial charge in [0.25, 0.3) is 0 Å². The fourth-order valence-electron chi connectivity index (χ4n) is 1.99. The van der Waals surface area contributed by atoms with Crippen molar-refractivity contribution in [1.82, 2.24) is 9.80 Å². The Kier molecular flexibility index (Phi) is 4.16. The quantitative estimate of drug-likeness (QED) is 0.691. The minimum absolute atomic E-state index is 0.194. The Hall–Kier alpha value is -0.120. The number of nitrogens with zero attached hydrogens (tertiary/aromatic N) is 2. The highest BCUT2D eigenvalue weighted by atomic mass is 16.3. The molecule has 3 nitrogen and oxygen atoms in total. The summed E-state index contributed by atoms with van der Waals surface area (Å²) in [7, 11) is 4.27. The molecule has 1 rings (SSSR count). The zero-order valence-corrected chi connectivity index (χ0v) is 9.03. The van der Waals surface area contributed by atoms with E-state index in [-0.39, 0.29) is 6.10 Å². The molecule has 1 heterocycles. The van der Waals surface area contributed by atoms with Crippen LogP contribution in [0.2, 0.25) is 0 Å². The predicted molar refractivity (Wildman–Crippen MR) is 54.8 cm³/mol. The minimum Gasteiger partial charge on any atom is -0.392 e. The summed E-state index contributed by atoms with van der Waals surface area (Å²) in [5, 5.41) is 9.27. The molecule has 1 fully saturated rings. The van der Waals surface area contributed by atoms with E-state index in [1.807, 2.05) is 6.92 Å². The average molecular weight is 186 g/mol. The molecule has 0 saturated carbocycles. The number of hydrogen-bond acceptors (Lipinski definition) is 3. The van der Waals surface area contributed by atoms with Crippen LogP contribution in [0, 0.1) is 0 Å². The van der Waals surface area contributed by atoms with Gasteiger partial charge in [-0.3, -0.25) is 4.90 Å². The van der Waals surface area contributed by atoms with Crippen molar-refractivity contribution < 1.29 is 5.11 Å². The van der Waals surface area contributed by atoms with Gasteiger partial charge in [0.15, 0.2) is 0 Å². The van der Waals surface area contributed by atoms with Crippen LogP contribution in [0.25, 0.3) is 0 Å². The first-order valence-corrected chi connectivity index (χ1v) is 5.16. The molecule has 2 atom stereocenters. The van der Waals surface area contributed by atoms with E-state index in [2.05, 4.69) is 23.9 Å². The normalized spacial score (nSPS) is 27.9. The zero-order chi connectivity index (χ0) is 9.84. The summed E-state index contributed by atoms with van der Waals surface area (Å²) >= 11 is 0. The molecule has 0 aromatic rings. The van der Waals surface area contributed by atoms with Crippen molar-refractivity contribution in [1.29, 1.82) is 0 Å². The topological polar surface area (TPSA) is 26.7 Å². The van der Waals surface area contributed by atoms with Crippen LogP contribution in [0.3, 0.4) is 0 Å². The molecule has 0 spiro atoms. The van der Waals surface area contributed by atoms with E-state index in [9.17, 15) is 5.11 Å². The summed E-state index contributed by atoms with van der Waals surface area (Å²) in [6, 6.07) is 0.674. The summed E-state index contributed by atoms with van der Waals surface area (Å²) in [5.74, 6) is 0. The van der Waals surface area contributed by atoms with Crippen molar-refractivity contribution >= 4 is 0 Å². The lowest BCUT2D eigenvalue weighted by atomic mass is 10.0. The monoisotopic (exact) mass is 186 g/mol. The summed E-state index contributed by atoms with van der Waals surface area (Å²) in [6.07, 6.45) is 2.36. The first kappa shape index (κ1) is 11.0. The van der Waals surface area contributed by atoms with E-state index in [0.29, 0.717) is 6.04 Å². The second kappa shape index (κ2) is 4.94. The van der Waals surface area contributed by atoms with Crippen molar-refractivity contribution in [2.75, 3.05) is 33.7 Å². The number of likely N-dealkylation sites (N-methyl/N-ethyl adjacent to an activating group) is 1. The lowest BCUT2D eigenvalue weighted by molar-refractivity contribution is 0.0805. The molecule has 1 aliphatic rings. The van der Waals surface area contributed by atoms with Gasteiger partial charge < -0.3 is 10.0 Å². The highest BCUT2D eigenvalue weighted by Crippen LogP contribution is 2.13. The summed E-state index contributed by atoms with van der Waals surface area (Å²) in [4.78, 5) is 4.65. The van der Waals surface area contributed by atoms with E-state index in [4.69, 9.17) is 0 Å². The van der Waals surface area contributed by atoms with E-state index >= 15 is 0 Å². The largest absolute Gasteiger partial charge is 0.392 e. The van der Waals surface area contributed by atoms with Crippen LogP contribution in [0.5, 0.6) is 0 Å². The molecule has 1 aliphatic heterocycles. The van der Waals surface area contributed by atoms with Crippen molar-refractivity contribution in [3.63, 3.8) is 0 Å². The third-order valence-electron chi connectivity index (χ3n) is 2.73. The standard InChI is InChI=1S/C10H22N2O/c1-9(13)7-12-6-4-5-10(8-12)11(2)3/h9-10,13H,4-8H2,1-3H3/t9-,10?/m0/s1. The van der Waals surface area contributed by atoms with Crippen LogP contribution >= 0.6 is 0 Å². The number of piperidine rings is 1. The van der Waals surface area contributed by atoms with Crippen LogP contribution in [0.4, 0.5) is 0 Å². The van der Waals surface area contributed by atoms with E-state index in [0.717, 1.165) is 19.6 Å². The molecule has 1 N–H and O–H groups in total. The van der Waals surface area contributed by atoms with Crippen molar-refractivity contribution in [3.05, 3.63) is 0 Å². The van der Waals surface area contributed by atoms with E-state index < -0.39 is 0 Å². The van der Waals surface area contributed by atoms with Crippen molar-refractivity contribution in [3.8, 4) is 0 Å². The Labute approximate surface area is 81.3 Å². The van der Waals surface area contributed by atoms with Crippen LogP contribution < -0.4 is 0 Å². The SMILES string of the molecule is C[C@H](O)CN1CCCC(N(C)C)C1. The van der Waals surface area contributed by atoms with Gasteiger partial charge in [-0.1, -0.05) is 0 Å². The molecule has 1 saturated heterocycles. The average Bonchev–Trinajstić information content (AvgIpc) is 2.03. The predicted octanol–water partition coefficient (Wildman–Crippen LogP) is 0.393. The summed E-state index contributed by atoms with van der Waals surface area (Å²) < 4.78 is 0. The second-order valence-electron chi connectivity index (χ2n) is 4.37. The second-order valence-corrected chi connectivity index (χ2v) is 4.37. The lowest BCUT2D eigenvalue weighted by Gasteiger charge is -2.36. The summed E-state index contributed by atoms with van der Waals surface area (Å²) in [5.41, 5.74) is 0. The molecule has 0 aliphatic carbocycles. The van der Waals surface area contributed by atoms with Gasteiger partial charge in [0.1, 0.15) is 0 Å². The fraction of sp³-hybridized carbons (Fsp3) is 1.00. The number of aliphatic hydroxyl groups excluding tert-OH is 1. The molecular formula is C10H22N2O. The Morgan fingerprint density at radius 1 is 1.54 bits per heavy atom. The maximum atomic E-state index is 9.27. The third-order valence-corrected chi connectivity index (χ3v) is 2.73. The van der Waals surface area contributed by atoms with Gasteiger partial charge in [-0.05, 0) is 40.4 Å². The molecule has 0 aromatic heterocycles. The molecule has 13 heavy (non-hydrogen) atoms. The molecule has 0 amide bonds. The Morgan fingerprint density at radius 3 is 2.77 bits per heavy atom. The maximum Gasteiger partial charge on any atom is 0.0639 e. The zero-order valence-electron chi connectivity index (χ0n) is 9.03. The molecular weight excluding hydrogens is 164 g/mol. The molecule has 3 heteroatoms. The van der Waals surface area contributed by atoms with Crippen LogP contribution in [-0.2, 0) is 0 Å². The van der Waals surface area contributed by atoms with Gasteiger partial charge in [0.05, 0.1) is 6.10 Å². The van der Waals surface area contributed by atoms with Gasteiger partial charge in [0.2, 0.25) is 0 Å². The number of aliphatic hydroxyl groups is 1. The lowest BCUT2D eigenvalue weighted by Crippen LogP contribution is -2.46. The number of rotatable bonds is 3. The smallest absolute Gasteiger partial charge is 0.0639 e. The van der Waals surface area contributed by atoms with Gasteiger partial charge >= 0.3 is 0 Å². The number of β-amino-alcohol motifs (C(OH)–C–C–N with tert-alkyl or cyclic N) is 1. The van der Waals surface area contributed by atoms with Gasteiger partial charge in [-0.25, -0.2) is 0 Å².